The molecule has 2 heterocycles. The fourth-order valence-electron chi connectivity index (χ4n) is 2.34. The summed E-state index contributed by atoms with van der Waals surface area (Å²) in [6.45, 7) is 0.370. The van der Waals surface area contributed by atoms with Crippen LogP contribution in [0.3, 0.4) is 0 Å². The van der Waals surface area contributed by atoms with Gasteiger partial charge in [-0.25, -0.2) is 9.97 Å². The summed E-state index contributed by atoms with van der Waals surface area (Å²) in [4.78, 5) is 15.3. The Hall–Kier alpha value is -2.72. The van der Waals surface area contributed by atoms with Gasteiger partial charge in [0.1, 0.15) is 10.5 Å². The minimum absolute atomic E-state index is 0.157. The molecule has 1 atom stereocenters. The number of thioether (sulfide) groups is 1. The molecule has 0 saturated carbocycles. The third-order valence-electron chi connectivity index (χ3n) is 3.61. The number of H-pyrrole nitrogens is 1. The lowest BCUT2D eigenvalue weighted by molar-refractivity contribution is 0.213. The van der Waals surface area contributed by atoms with Crippen molar-refractivity contribution >= 4 is 34.6 Å². The van der Waals surface area contributed by atoms with E-state index in [-0.39, 0.29) is 5.95 Å². The number of aliphatic hydroxyl groups is 1. The van der Waals surface area contributed by atoms with Crippen molar-refractivity contribution in [2.24, 2.45) is 0 Å². The van der Waals surface area contributed by atoms with Gasteiger partial charge >= 0.3 is 0 Å². The number of methoxy groups -OCH3 is 2. The quantitative estimate of drug-likeness (QED) is 0.341. The standard InChI is InChI=1S/C16H20N6O3S/c1-24-11-4-3-9(5-12(11)25-2)18-6-10(23)7-26-15-13-14(20-8-19-13)21-16(17)22-15/h3-5,8,10,18,23H,6-7H2,1-2H3,(H3,17,19,20,21,22)/t10-/m1/s1. The molecular formula is C16H20N6O3S. The number of aliphatic hydroxyl groups excluding tert-OH is 1. The molecule has 0 saturated heterocycles. The summed E-state index contributed by atoms with van der Waals surface area (Å²) in [5.74, 6) is 1.87. The average Bonchev–Trinajstić information content (AvgIpc) is 3.12. The highest BCUT2D eigenvalue weighted by Crippen LogP contribution is 2.30. The largest absolute Gasteiger partial charge is 0.493 e. The Bertz CT molecular complexity index is 888. The number of imidazole rings is 1. The Morgan fingerprint density at radius 1 is 1.27 bits per heavy atom. The van der Waals surface area contributed by atoms with Crippen molar-refractivity contribution in [2.45, 2.75) is 11.1 Å². The van der Waals surface area contributed by atoms with Crippen molar-refractivity contribution in [3.8, 4) is 11.5 Å². The zero-order valence-corrected chi connectivity index (χ0v) is 15.2. The Morgan fingerprint density at radius 2 is 2.08 bits per heavy atom. The van der Waals surface area contributed by atoms with Crippen LogP contribution >= 0.6 is 11.8 Å². The predicted molar refractivity (Wildman–Crippen MR) is 101 cm³/mol. The Balaban J connectivity index is 1.57. The number of fused-ring (bicyclic) bond motifs is 1. The first-order valence-corrected chi connectivity index (χ1v) is 8.82. The van der Waals surface area contributed by atoms with Crippen LogP contribution in [-0.2, 0) is 0 Å². The smallest absolute Gasteiger partial charge is 0.223 e. The summed E-state index contributed by atoms with van der Waals surface area (Å²) < 4.78 is 10.5. The second-order valence-electron chi connectivity index (χ2n) is 5.40. The van der Waals surface area contributed by atoms with Crippen molar-refractivity contribution in [2.75, 3.05) is 37.6 Å². The molecule has 0 bridgehead atoms. The van der Waals surface area contributed by atoms with Crippen LogP contribution in [0.2, 0.25) is 0 Å². The number of aromatic nitrogens is 4. The first-order valence-electron chi connectivity index (χ1n) is 7.84. The third kappa shape index (κ3) is 4.09. The van der Waals surface area contributed by atoms with Crippen LogP contribution < -0.4 is 20.5 Å². The maximum absolute atomic E-state index is 10.3. The molecule has 0 radical (unpaired) electrons. The fourth-order valence-corrected chi connectivity index (χ4v) is 3.26. The minimum Gasteiger partial charge on any atom is -0.493 e. The molecule has 9 nitrogen and oxygen atoms in total. The highest BCUT2D eigenvalue weighted by molar-refractivity contribution is 7.99. The Morgan fingerprint density at radius 3 is 2.85 bits per heavy atom. The number of nitrogens with one attached hydrogen (secondary N) is 2. The molecule has 3 rings (SSSR count). The molecule has 0 unspecified atom stereocenters. The molecule has 1 aromatic carbocycles. The van der Waals surface area contributed by atoms with E-state index in [0.717, 1.165) is 5.69 Å². The molecule has 0 spiro atoms. The number of benzene rings is 1. The molecule has 138 valence electrons. The van der Waals surface area contributed by atoms with Crippen LogP contribution in [0.15, 0.2) is 29.6 Å². The lowest BCUT2D eigenvalue weighted by Crippen LogP contribution is -2.22. The van der Waals surface area contributed by atoms with Gasteiger partial charge in [-0.1, -0.05) is 0 Å². The number of nitrogens with two attached hydrogens (primary N) is 1. The van der Waals surface area contributed by atoms with Crippen molar-refractivity contribution in [1.82, 2.24) is 19.9 Å². The van der Waals surface area contributed by atoms with E-state index < -0.39 is 6.10 Å². The van der Waals surface area contributed by atoms with Gasteiger partial charge in [-0.2, -0.15) is 4.98 Å². The summed E-state index contributed by atoms with van der Waals surface area (Å²) in [7, 11) is 3.17. The van der Waals surface area contributed by atoms with Crippen LogP contribution in [0.25, 0.3) is 11.2 Å². The zero-order chi connectivity index (χ0) is 18.5. The first-order chi connectivity index (χ1) is 12.6. The van der Waals surface area contributed by atoms with Crippen LogP contribution in [0, 0.1) is 0 Å². The molecule has 5 N–H and O–H groups in total. The van der Waals surface area contributed by atoms with E-state index in [0.29, 0.717) is 40.0 Å². The van der Waals surface area contributed by atoms with Crippen molar-refractivity contribution in [3.05, 3.63) is 24.5 Å². The van der Waals surface area contributed by atoms with Gasteiger partial charge in [-0.3, -0.25) is 0 Å². The normalized spacial score (nSPS) is 12.1. The second-order valence-corrected chi connectivity index (χ2v) is 6.41. The molecular weight excluding hydrogens is 356 g/mol. The number of hydrogen-bond acceptors (Lipinski definition) is 9. The van der Waals surface area contributed by atoms with E-state index in [1.165, 1.54) is 18.1 Å². The van der Waals surface area contributed by atoms with Gasteiger partial charge in [0.2, 0.25) is 5.95 Å². The number of ether oxygens (including phenoxy) is 2. The van der Waals surface area contributed by atoms with Crippen LogP contribution in [0.5, 0.6) is 11.5 Å². The third-order valence-corrected chi connectivity index (χ3v) is 4.73. The summed E-state index contributed by atoms with van der Waals surface area (Å²) in [5, 5.41) is 14.1. The fraction of sp³-hybridized carbons (Fsp3) is 0.312. The van der Waals surface area contributed by atoms with E-state index in [4.69, 9.17) is 15.2 Å². The number of nitrogen functional groups attached to an aromatic ring is 1. The SMILES string of the molecule is COc1ccc(NC[C@@H](O)CSc2nc(N)nc3nc[nH]c23)cc1OC. The number of aromatic amines is 1. The summed E-state index contributed by atoms with van der Waals surface area (Å²) in [6.07, 6.45) is 0.944. The van der Waals surface area contributed by atoms with E-state index in [2.05, 4.69) is 25.3 Å². The van der Waals surface area contributed by atoms with E-state index in [1.807, 2.05) is 12.1 Å². The number of hydrogen-bond donors (Lipinski definition) is 4. The predicted octanol–water partition coefficient (Wildman–Crippen LogP) is 1.52. The molecule has 26 heavy (non-hydrogen) atoms. The Labute approximate surface area is 154 Å². The van der Waals surface area contributed by atoms with Crippen molar-refractivity contribution < 1.29 is 14.6 Å². The van der Waals surface area contributed by atoms with Gasteiger partial charge in [-0.05, 0) is 12.1 Å². The highest BCUT2D eigenvalue weighted by Gasteiger charge is 2.12. The summed E-state index contributed by atoms with van der Waals surface area (Å²) in [5.41, 5.74) is 7.74. The molecule has 0 aliphatic heterocycles. The van der Waals surface area contributed by atoms with Crippen LogP contribution in [-0.4, -0.2) is 57.7 Å². The molecule has 0 aliphatic carbocycles. The van der Waals surface area contributed by atoms with Crippen LogP contribution in [0.1, 0.15) is 0 Å². The van der Waals surface area contributed by atoms with Gasteiger partial charge < -0.3 is 30.6 Å². The monoisotopic (exact) mass is 376 g/mol. The lowest BCUT2D eigenvalue weighted by atomic mass is 10.2. The average molecular weight is 376 g/mol. The Kier molecular flexibility index (Phi) is 5.64. The molecule has 3 aromatic rings. The van der Waals surface area contributed by atoms with Crippen LogP contribution in [0.4, 0.5) is 11.6 Å². The second kappa shape index (κ2) is 8.11. The van der Waals surface area contributed by atoms with Crippen molar-refractivity contribution in [3.63, 3.8) is 0 Å². The van der Waals surface area contributed by atoms with E-state index in [1.54, 1.807) is 20.3 Å². The minimum atomic E-state index is -0.595. The summed E-state index contributed by atoms with van der Waals surface area (Å²) >= 11 is 1.39. The molecule has 2 aromatic heterocycles. The van der Waals surface area contributed by atoms with E-state index >= 15 is 0 Å². The maximum atomic E-state index is 10.3. The van der Waals surface area contributed by atoms with Gasteiger partial charge in [0.25, 0.3) is 0 Å². The van der Waals surface area contributed by atoms with Gasteiger partial charge in [0, 0.05) is 24.1 Å². The van der Waals surface area contributed by atoms with Gasteiger partial charge in [0.05, 0.1) is 26.7 Å². The summed E-state index contributed by atoms with van der Waals surface area (Å²) in [6, 6.07) is 5.49. The number of anilines is 2. The molecule has 10 heteroatoms. The number of rotatable bonds is 8. The van der Waals surface area contributed by atoms with Gasteiger partial charge in [0.15, 0.2) is 17.1 Å². The van der Waals surface area contributed by atoms with Crippen molar-refractivity contribution in [1.29, 1.82) is 0 Å². The maximum Gasteiger partial charge on any atom is 0.223 e. The van der Waals surface area contributed by atoms with E-state index in [9.17, 15) is 5.11 Å². The molecule has 0 aliphatic rings. The highest BCUT2D eigenvalue weighted by atomic mass is 32.2. The zero-order valence-electron chi connectivity index (χ0n) is 14.4. The number of nitrogens with zero attached hydrogens (tertiary/aromatic N) is 3. The molecule has 0 amide bonds. The first kappa shape index (κ1) is 18.1. The topological polar surface area (TPSA) is 131 Å². The van der Waals surface area contributed by atoms with Gasteiger partial charge in [-0.15, -0.1) is 11.8 Å². The molecule has 0 fully saturated rings. The lowest BCUT2D eigenvalue weighted by Gasteiger charge is -2.14.